The number of halogens is 1. The Morgan fingerprint density at radius 1 is 1.15 bits per heavy atom. The van der Waals surface area contributed by atoms with Crippen LogP contribution < -0.4 is 16.0 Å². The Labute approximate surface area is 163 Å². The second-order valence-electron chi connectivity index (χ2n) is 6.12. The highest BCUT2D eigenvalue weighted by molar-refractivity contribution is 9.10. The van der Waals surface area contributed by atoms with E-state index in [1.807, 2.05) is 25.1 Å². The van der Waals surface area contributed by atoms with Gasteiger partial charge in [0.15, 0.2) is 0 Å². The molecule has 6 nitrogen and oxygen atoms in total. The van der Waals surface area contributed by atoms with Crippen LogP contribution >= 0.6 is 27.3 Å². The zero-order chi connectivity index (χ0) is 18.7. The molecule has 1 fully saturated rings. The van der Waals surface area contributed by atoms with E-state index in [0.29, 0.717) is 15.6 Å². The number of carbonyl (C=O) groups is 3. The lowest BCUT2D eigenvalue weighted by molar-refractivity contribution is -0.117. The zero-order valence-corrected chi connectivity index (χ0v) is 16.5. The quantitative estimate of drug-likeness (QED) is 0.648. The molecule has 0 bridgehead atoms. The summed E-state index contributed by atoms with van der Waals surface area (Å²) in [7, 11) is 0. The molecule has 0 radical (unpaired) electrons. The summed E-state index contributed by atoms with van der Waals surface area (Å²) in [4.78, 5) is 36.4. The van der Waals surface area contributed by atoms with Gasteiger partial charge in [0.1, 0.15) is 0 Å². The second kappa shape index (κ2) is 8.01. The van der Waals surface area contributed by atoms with E-state index >= 15 is 0 Å². The van der Waals surface area contributed by atoms with Crippen molar-refractivity contribution < 1.29 is 14.4 Å². The van der Waals surface area contributed by atoms with E-state index in [0.717, 1.165) is 22.9 Å². The van der Waals surface area contributed by atoms with Gasteiger partial charge in [-0.1, -0.05) is 22.0 Å². The molecule has 3 amide bonds. The summed E-state index contributed by atoms with van der Waals surface area (Å²) in [5.41, 5.74) is 1.63. The van der Waals surface area contributed by atoms with E-state index in [4.69, 9.17) is 0 Å². The van der Waals surface area contributed by atoms with Crippen molar-refractivity contribution >= 4 is 55.7 Å². The number of nitrogens with one attached hydrogen (secondary N) is 3. The maximum Gasteiger partial charge on any atom is 0.261 e. The predicted octanol–water partition coefficient (Wildman–Crippen LogP) is 3.54. The van der Waals surface area contributed by atoms with Crippen LogP contribution in [0, 0.1) is 12.8 Å². The van der Waals surface area contributed by atoms with Crippen molar-refractivity contribution in [3.05, 3.63) is 45.2 Å². The highest BCUT2D eigenvalue weighted by Gasteiger charge is 2.29. The Kier molecular flexibility index (Phi) is 5.73. The van der Waals surface area contributed by atoms with Gasteiger partial charge < -0.3 is 16.0 Å². The van der Waals surface area contributed by atoms with Gasteiger partial charge in [0.25, 0.3) is 5.91 Å². The van der Waals surface area contributed by atoms with Crippen molar-refractivity contribution in [2.24, 2.45) is 5.92 Å². The molecule has 2 aromatic rings. The van der Waals surface area contributed by atoms with E-state index in [1.165, 1.54) is 11.3 Å². The Balaban J connectivity index is 1.50. The number of hydrogen-bond acceptors (Lipinski definition) is 4. The van der Waals surface area contributed by atoms with Gasteiger partial charge in [-0.2, -0.15) is 0 Å². The first-order valence-electron chi connectivity index (χ1n) is 8.17. The van der Waals surface area contributed by atoms with E-state index in [2.05, 4.69) is 31.9 Å². The van der Waals surface area contributed by atoms with Gasteiger partial charge in [0.2, 0.25) is 11.8 Å². The monoisotopic (exact) mass is 435 g/mol. The molecule has 1 heterocycles. The number of hydrogen-bond donors (Lipinski definition) is 3. The summed E-state index contributed by atoms with van der Waals surface area (Å²) >= 11 is 4.55. The van der Waals surface area contributed by atoms with Crippen molar-refractivity contribution in [3.63, 3.8) is 0 Å². The number of aryl methyl sites for hydroxylation is 1. The molecule has 0 unspecified atom stereocenters. The lowest BCUT2D eigenvalue weighted by atomic mass is 10.2. The maximum absolute atomic E-state index is 12.2. The molecule has 26 heavy (non-hydrogen) atoms. The molecule has 1 aromatic carbocycles. The Morgan fingerprint density at radius 3 is 2.65 bits per heavy atom. The first-order chi connectivity index (χ1) is 12.4. The van der Waals surface area contributed by atoms with Crippen molar-refractivity contribution in [3.8, 4) is 0 Å². The molecule has 8 heteroatoms. The zero-order valence-electron chi connectivity index (χ0n) is 14.1. The van der Waals surface area contributed by atoms with Crippen LogP contribution in [-0.4, -0.2) is 24.3 Å². The van der Waals surface area contributed by atoms with E-state index in [1.54, 1.807) is 12.1 Å². The van der Waals surface area contributed by atoms with E-state index in [-0.39, 0.29) is 30.2 Å². The summed E-state index contributed by atoms with van der Waals surface area (Å²) in [5.74, 6) is -0.538. The normalized spacial score (nSPS) is 13.2. The minimum absolute atomic E-state index is 0.00239. The first-order valence-corrected chi connectivity index (χ1v) is 9.78. The van der Waals surface area contributed by atoms with Crippen molar-refractivity contribution in [1.29, 1.82) is 0 Å². The van der Waals surface area contributed by atoms with Crippen LogP contribution in [0.2, 0.25) is 0 Å². The molecular weight excluding hydrogens is 418 g/mol. The third-order valence-corrected chi connectivity index (χ3v) is 5.40. The molecule has 1 aromatic heterocycles. The van der Waals surface area contributed by atoms with Gasteiger partial charge in [-0.15, -0.1) is 11.3 Å². The Morgan fingerprint density at radius 2 is 1.92 bits per heavy atom. The second-order valence-corrected chi connectivity index (χ2v) is 8.12. The first kappa shape index (κ1) is 18.6. The van der Waals surface area contributed by atoms with Crippen molar-refractivity contribution in [2.75, 3.05) is 17.2 Å². The minimum Gasteiger partial charge on any atom is -0.342 e. The summed E-state index contributed by atoms with van der Waals surface area (Å²) in [5, 5.41) is 8.81. The van der Waals surface area contributed by atoms with Crippen molar-refractivity contribution in [1.82, 2.24) is 5.32 Å². The lowest BCUT2D eigenvalue weighted by Gasteiger charge is -2.09. The molecule has 0 aliphatic heterocycles. The molecule has 1 aliphatic carbocycles. The molecule has 136 valence electrons. The van der Waals surface area contributed by atoms with Crippen LogP contribution in [0.1, 0.15) is 28.1 Å². The number of benzene rings is 1. The number of rotatable bonds is 6. The molecular formula is C18H18BrN3O3S. The molecule has 0 saturated heterocycles. The minimum atomic E-state index is -0.344. The molecule has 1 aliphatic rings. The molecule has 3 rings (SSSR count). The lowest BCUT2D eigenvalue weighted by Crippen LogP contribution is -2.32. The largest absolute Gasteiger partial charge is 0.342 e. The third kappa shape index (κ3) is 4.92. The number of anilines is 2. The molecule has 1 saturated carbocycles. The summed E-state index contributed by atoms with van der Waals surface area (Å²) < 4.78 is 0.863. The summed E-state index contributed by atoms with van der Waals surface area (Å²) in [6.07, 6.45) is 1.86. The van der Waals surface area contributed by atoms with Gasteiger partial charge in [-0.3, -0.25) is 14.4 Å². The van der Waals surface area contributed by atoms with Crippen LogP contribution in [0.15, 0.2) is 34.8 Å². The van der Waals surface area contributed by atoms with Crippen LogP contribution in [0.3, 0.4) is 0 Å². The van der Waals surface area contributed by atoms with Crippen LogP contribution in [-0.2, 0) is 9.59 Å². The Bertz CT molecular complexity index is 861. The SMILES string of the molecule is Cc1ccc(Br)cc1NC(=O)CNC(=O)c1ccc(NC(=O)C2CC2)s1. The molecule has 0 atom stereocenters. The highest BCUT2D eigenvalue weighted by Crippen LogP contribution is 2.31. The fourth-order valence-corrected chi connectivity index (χ4v) is 3.45. The van der Waals surface area contributed by atoms with Gasteiger partial charge in [0.05, 0.1) is 16.4 Å². The van der Waals surface area contributed by atoms with E-state index in [9.17, 15) is 14.4 Å². The van der Waals surface area contributed by atoms with Gasteiger partial charge >= 0.3 is 0 Å². The predicted molar refractivity (Wildman–Crippen MR) is 106 cm³/mol. The molecule has 3 N–H and O–H groups in total. The highest BCUT2D eigenvalue weighted by atomic mass is 79.9. The number of amides is 3. The summed E-state index contributed by atoms with van der Waals surface area (Å²) in [6, 6.07) is 8.93. The van der Waals surface area contributed by atoms with E-state index < -0.39 is 0 Å². The standard InChI is InChI=1S/C18H18BrN3O3S/c1-10-2-5-12(19)8-13(10)21-15(23)9-20-18(25)14-6-7-16(26-14)22-17(24)11-3-4-11/h2,5-8,11H,3-4,9H2,1H3,(H,20,25)(H,21,23)(H,22,24). The Hall–Kier alpha value is -2.19. The average molecular weight is 436 g/mol. The average Bonchev–Trinajstić information content (AvgIpc) is 3.36. The molecule has 0 spiro atoms. The fraction of sp³-hybridized carbons (Fsp3) is 0.278. The number of carbonyl (C=O) groups excluding carboxylic acids is 3. The fourth-order valence-electron chi connectivity index (χ4n) is 2.27. The summed E-state index contributed by atoms with van der Waals surface area (Å²) in [6.45, 7) is 1.76. The van der Waals surface area contributed by atoms with Gasteiger partial charge in [-0.05, 0) is 49.6 Å². The maximum atomic E-state index is 12.2. The van der Waals surface area contributed by atoms with Crippen LogP contribution in [0.4, 0.5) is 10.7 Å². The number of thiophene rings is 1. The van der Waals surface area contributed by atoms with Crippen molar-refractivity contribution in [2.45, 2.75) is 19.8 Å². The topological polar surface area (TPSA) is 87.3 Å². The van der Waals surface area contributed by atoms with Crippen LogP contribution in [0.5, 0.6) is 0 Å². The van der Waals surface area contributed by atoms with Crippen LogP contribution in [0.25, 0.3) is 0 Å². The van der Waals surface area contributed by atoms with Gasteiger partial charge in [0, 0.05) is 16.1 Å². The van der Waals surface area contributed by atoms with Gasteiger partial charge in [-0.25, -0.2) is 0 Å². The third-order valence-electron chi connectivity index (χ3n) is 3.91. The smallest absolute Gasteiger partial charge is 0.261 e.